The van der Waals surface area contributed by atoms with E-state index in [0.717, 1.165) is 34.3 Å². The van der Waals surface area contributed by atoms with E-state index in [-0.39, 0.29) is 5.82 Å². The molecule has 4 heteroatoms. The highest BCUT2D eigenvalue weighted by Crippen LogP contribution is 2.18. The van der Waals surface area contributed by atoms with E-state index in [1.807, 2.05) is 26.0 Å². The molecule has 0 saturated carbocycles. The van der Waals surface area contributed by atoms with Crippen molar-refractivity contribution in [3.8, 4) is 0 Å². The quantitative estimate of drug-likeness (QED) is 0.841. The van der Waals surface area contributed by atoms with E-state index < -0.39 is 0 Å². The summed E-state index contributed by atoms with van der Waals surface area (Å²) in [5.41, 5.74) is 2.89. The predicted octanol–water partition coefficient (Wildman–Crippen LogP) is 3.50. The van der Waals surface area contributed by atoms with E-state index in [9.17, 15) is 4.39 Å². The second-order valence-corrected chi connectivity index (χ2v) is 5.03. The Kier molecular flexibility index (Phi) is 3.84. The number of halogens is 1. The molecule has 2 rings (SSSR count). The SMILES string of the molecule is Cc1nc(SCCc2ccccc2F)[nH]c1C. The summed E-state index contributed by atoms with van der Waals surface area (Å²) in [7, 11) is 0. The molecular weight excluding hydrogens is 235 g/mol. The minimum Gasteiger partial charge on any atom is -0.337 e. The zero-order valence-electron chi connectivity index (χ0n) is 9.96. The zero-order valence-corrected chi connectivity index (χ0v) is 10.8. The van der Waals surface area contributed by atoms with Gasteiger partial charge in [-0.25, -0.2) is 9.37 Å². The van der Waals surface area contributed by atoms with Crippen LogP contribution in [0.25, 0.3) is 0 Å². The second kappa shape index (κ2) is 5.36. The van der Waals surface area contributed by atoms with Gasteiger partial charge >= 0.3 is 0 Å². The van der Waals surface area contributed by atoms with Crippen LogP contribution in [0.3, 0.4) is 0 Å². The number of benzene rings is 1. The minimum absolute atomic E-state index is 0.125. The molecule has 0 saturated heterocycles. The molecule has 1 aromatic carbocycles. The molecule has 0 aliphatic rings. The van der Waals surface area contributed by atoms with E-state index >= 15 is 0 Å². The number of aryl methyl sites for hydroxylation is 3. The highest BCUT2D eigenvalue weighted by atomic mass is 32.2. The van der Waals surface area contributed by atoms with Crippen LogP contribution in [0.2, 0.25) is 0 Å². The molecule has 0 spiro atoms. The summed E-state index contributed by atoms with van der Waals surface area (Å²) in [6.07, 6.45) is 0.718. The average molecular weight is 250 g/mol. The van der Waals surface area contributed by atoms with Gasteiger partial charge in [0.15, 0.2) is 5.16 Å². The summed E-state index contributed by atoms with van der Waals surface area (Å²) in [4.78, 5) is 7.58. The predicted molar refractivity (Wildman–Crippen MR) is 68.9 cm³/mol. The van der Waals surface area contributed by atoms with E-state index in [0.29, 0.717) is 0 Å². The van der Waals surface area contributed by atoms with Gasteiger partial charge in [-0.15, -0.1) is 0 Å². The first-order valence-electron chi connectivity index (χ1n) is 5.56. The van der Waals surface area contributed by atoms with Gasteiger partial charge in [0.25, 0.3) is 0 Å². The highest BCUT2D eigenvalue weighted by molar-refractivity contribution is 7.99. The standard InChI is InChI=1S/C13H15FN2S/c1-9-10(2)16-13(15-9)17-8-7-11-5-3-4-6-12(11)14/h3-6H,7-8H2,1-2H3,(H,15,16). The number of H-pyrrole nitrogens is 1. The van der Waals surface area contributed by atoms with E-state index in [2.05, 4.69) is 9.97 Å². The fourth-order valence-electron chi connectivity index (χ4n) is 1.54. The van der Waals surface area contributed by atoms with Crippen molar-refractivity contribution in [1.82, 2.24) is 9.97 Å². The molecule has 1 heterocycles. The van der Waals surface area contributed by atoms with Crippen molar-refractivity contribution >= 4 is 11.8 Å². The summed E-state index contributed by atoms with van der Waals surface area (Å²) >= 11 is 1.63. The fourth-order valence-corrected chi connectivity index (χ4v) is 2.48. The normalized spacial score (nSPS) is 10.8. The number of aromatic nitrogens is 2. The van der Waals surface area contributed by atoms with Gasteiger partial charge in [-0.1, -0.05) is 30.0 Å². The third-order valence-electron chi connectivity index (χ3n) is 2.67. The van der Waals surface area contributed by atoms with Crippen LogP contribution < -0.4 is 0 Å². The number of imidazole rings is 1. The summed E-state index contributed by atoms with van der Waals surface area (Å²) in [6, 6.07) is 6.91. The van der Waals surface area contributed by atoms with Crippen molar-refractivity contribution in [2.24, 2.45) is 0 Å². The lowest BCUT2D eigenvalue weighted by Gasteiger charge is -2.01. The van der Waals surface area contributed by atoms with Crippen LogP contribution in [-0.2, 0) is 6.42 Å². The first-order chi connectivity index (χ1) is 8.16. The Morgan fingerprint density at radius 2 is 2.06 bits per heavy atom. The van der Waals surface area contributed by atoms with Crippen molar-refractivity contribution in [3.63, 3.8) is 0 Å². The Bertz CT molecular complexity index is 488. The summed E-state index contributed by atoms with van der Waals surface area (Å²) in [6.45, 7) is 3.98. The summed E-state index contributed by atoms with van der Waals surface area (Å²) in [5.74, 6) is 0.702. The maximum atomic E-state index is 13.4. The molecule has 0 fully saturated rings. The number of nitrogens with zero attached hydrogens (tertiary/aromatic N) is 1. The lowest BCUT2D eigenvalue weighted by atomic mass is 10.2. The average Bonchev–Trinajstić information content (AvgIpc) is 2.61. The maximum Gasteiger partial charge on any atom is 0.165 e. The fraction of sp³-hybridized carbons (Fsp3) is 0.308. The van der Waals surface area contributed by atoms with Crippen LogP contribution in [0.4, 0.5) is 4.39 Å². The Morgan fingerprint density at radius 3 is 2.71 bits per heavy atom. The van der Waals surface area contributed by atoms with Crippen LogP contribution >= 0.6 is 11.8 Å². The molecule has 0 radical (unpaired) electrons. The zero-order chi connectivity index (χ0) is 12.3. The van der Waals surface area contributed by atoms with E-state index in [1.165, 1.54) is 6.07 Å². The van der Waals surface area contributed by atoms with E-state index in [1.54, 1.807) is 17.8 Å². The second-order valence-electron chi connectivity index (χ2n) is 3.94. The molecule has 1 aromatic heterocycles. The van der Waals surface area contributed by atoms with E-state index in [4.69, 9.17) is 0 Å². The van der Waals surface area contributed by atoms with Gasteiger partial charge in [-0.2, -0.15) is 0 Å². The molecule has 90 valence electrons. The molecule has 0 aliphatic carbocycles. The highest BCUT2D eigenvalue weighted by Gasteiger charge is 2.04. The van der Waals surface area contributed by atoms with Crippen LogP contribution in [-0.4, -0.2) is 15.7 Å². The lowest BCUT2D eigenvalue weighted by Crippen LogP contribution is -1.93. The minimum atomic E-state index is -0.125. The molecule has 17 heavy (non-hydrogen) atoms. The number of hydrogen-bond donors (Lipinski definition) is 1. The largest absolute Gasteiger partial charge is 0.337 e. The van der Waals surface area contributed by atoms with Gasteiger partial charge in [0.1, 0.15) is 5.82 Å². The molecule has 2 aromatic rings. The molecule has 0 atom stereocenters. The third-order valence-corrected chi connectivity index (χ3v) is 3.55. The van der Waals surface area contributed by atoms with Crippen molar-refractivity contribution in [3.05, 3.63) is 47.0 Å². The number of aromatic amines is 1. The van der Waals surface area contributed by atoms with Gasteiger partial charge in [0.2, 0.25) is 0 Å². The third kappa shape index (κ3) is 3.09. The Labute approximate surface area is 105 Å². The maximum absolute atomic E-state index is 13.4. The van der Waals surface area contributed by atoms with Crippen molar-refractivity contribution in [2.45, 2.75) is 25.4 Å². The van der Waals surface area contributed by atoms with Gasteiger partial charge in [-0.05, 0) is 31.9 Å². The monoisotopic (exact) mass is 250 g/mol. The molecular formula is C13H15FN2S. The van der Waals surface area contributed by atoms with Gasteiger partial charge < -0.3 is 4.98 Å². The Balaban J connectivity index is 1.90. The number of nitrogens with one attached hydrogen (secondary N) is 1. The van der Waals surface area contributed by atoms with Crippen LogP contribution in [0.1, 0.15) is 17.0 Å². The molecule has 2 nitrogen and oxygen atoms in total. The number of hydrogen-bond acceptors (Lipinski definition) is 2. The number of rotatable bonds is 4. The molecule has 0 amide bonds. The summed E-state index contributed by atoms with van der Waals surface area (Å²) < 4.78 is 13.4. The Morgan fingerprint density at radius 1 is 1.29 bits per heavy atom. The van der Waals surface area contributed by atoms with Crippen molar-refractivity contribution < 1.29 is 4.39 Å². The van der Waals surface area contributed by atoms with Gasteiger partial charge in [-0.3, -0.25) is 0 Å². The topological polar surface area (TPSA) is 28.7 Å². The van der Waals surface area contributed by atoms with Crippen molar-refractivity contribution in [1.29, 1.82) is 0 Å². The van der Waals surface area contributed by atoms with Crippen molar-refractivity contribution in [2.75, 3.05) is 5.75 Å². The van der Waals surface area contributed by atoms with Crippen LogP contribution in [0.15, 0.2) is 29.4 Å². The smallest absolute Gasteiger partial charge is 0.165 e. The summed E-state index contributed by atoms with van der Waals surface area (Å²) in [5, 5.41) is 0.913. The van der Waals surface area contributed by atoms with Gasteiger partial charge in [0, 0.05) is 11.4 Å². The molecule has 0 unspecified atom stereocenters. The number of thioether (sulfide) groups is 1. The molecule has 0 aliphatic heterocycles. The Hall–Kier alpha value is -1.29. The first-order valence-corrected chi connectivity index (χ1v) is 6.55. The molecule has 0 bridgehead atoms. The van der Waals surface area contributed by atoms with Crippen LogP contribution in [0.5, 0.6) is 0 Å². The molecule has 1 N–H and O–H groups in total. The van der Waals surface area contributed by atoms with Crippen LogP contribution in [0, 0.1) is 19.7 Å². The lowest BCUT2D eigenvalue weighted by molar-refractivity contribution is 0.612. The first kappa shape index (κ1) is 12.2. The van der Waals surface area contributed by atoms with Gasteiger partial charge in [0.05, 0.1) is 5.69 Å².